The Morgan fingerprint density at radius 3 is 2.86 bits per heavy atom. The summed E-state index contributed by atoms with van der Waals surface area (Å²) in [5, 5.41) is 5.02. The highest BCUT2D eigenvalue weighted by Gasteiger charge is 2.23. The van der Waals surface area contributed by atoms with Gasteiger partial charge in [-0.05, 0) is 13.5 Å². The molecule has 1 aliphatic heterocycles. The fourth-order valence-corrected chi connectivity index (χ4v) is 2.96. The Bertz CT molecular complexity index is 636. The van der Waals surface area contributed by atoms with Gasteiger partial charge in [0.25, 0.3) is 0 Å². The molecule has 2 N–H and O–H groups in total. The summed E-state index contributed by atoms with van der Waals surface area (Å²) in [5.74, 6) is 1.30. The third-order valence-corrected chi connectivity index (χ3v) is 4.37. The minimum absolute atomic E-state index is 0.518. The molecular weight excluding hydrogens is 266 g/mol. The standard InChI is InChI=1S/C14H23N7/c1-4-10-8-21(6-5-19(10)2)9-12-17-13(15)11-7-16-20(3)14(11)18-12/h7,10H,4-6,8-9H2,1-3H3,(H2,15,17,18). The van der Waals surface area contributed by atoms with Crippen LogP contribution >= 0.6 is 0 Å². The fraction of sp³-hybridized carbons (Fsp3) is 0.643. The second-order valence-corrected chi connectivity index (χ2v) is 5.81. The van der Waals surface area contributed by atoms with Crippen LogP contribution in [-0.4, -0.2) is 62.3 Å². The third kappa shape index (κ3) is 2.71. The molecule has 0 spiro atoms. The average Bonchev–Trinajstić information content (AvgIpc) is 2.83. The Balaban J connectivity index is 1.80. The minimum Gasteiger partial charge on any atom is -0.383 e. The number of hydrogen-bond acceptors (Lipinski definition) is 6. The number of anilines is 1. The number of aryl methyl sites for hydroxylation is 1. The topological polar surface area (TPSA) is 76.1 Å². The maximum atomic E-state index is 6.02. The van der Waals surface area contributed by atoms with Crippen molar-refractivity contribution in [1.29, 1.82) is 0 Å². The van der Waals surface area contributed by atoms with Gasteiger partial charge in [0.15, 0.2) is 5.65 Å². The SMILES string of the molecule is CCC1CN(Cc2nc(N)c3cnn(C)c3n2)CCN1C. The van der Waals surface area contributed by atoms with Crippen molar-refractivity contribution in [3.05, 3.63) is 12.0 Å². The first-order valence-corrected chi connectivity index (χ1v) is 7.45. The van der Waals surface area contributed by atoms with E-state index in [0.29, 0.717) is 11.9 Å². The lowest BCUT2D eigenvalue weighted by molar-refractivity contribution is 0.0867. The first kappa shape index (κ1) is 14.2. The molecule has 0 aromatic carbocycles. The molecule has 3 heterocycles. The van der Waals surface area contributed by atoms with Crippen LogP contribution in [0.4, 0.5) is 5.82 Å². The van der Waals surface area contributed by atoms with Crippen LogP contribution in [0.5, 0.6) is 0 Å². The summed E-state index contributed by atoms with van der Waals surface area (Å²) in [6.45, 7) is 6.16. The van der Waals surface area contributed by atoms with Crippen molar-refractivity contribution in [2.45, 2.75) is 25.9 Å². The van der Waals surface area contributed by atoms with E-state index < -0.39 is 0 Å². The van der Waals surface area contributed by atoms with Gasteiger partial charge >= 0.3 is 0 Å². The highest BCUT2D eigenvalue weighted by Crippen LogP contribution is 2.18. The van der Waals surface area contributed by atoms with E-state index in [-0.39, 0.29) is 0 Å². The Labute approximate surface area is 124 Å². The molecule has 2 aromatic rings. The van der Waals surface area contributed by atoms with Gasteiger partial charge in [-0.15, -0.1) is 0 Å². The monoisotopic (exact) mass is 289 g/mol. The van der Waals surface area contributed by atoms with Crippen LogP contribution in [-0.2, 0) is 13.6 Å². The van der Waals surface area contributed by atoms with Gasteiger partial charge in [-0.1, -0.05) is 6.92 Å². The zero-order valence-electron chi connectivity index (χ0n) is 13.0. The average molecular weight is 289 g/mol. The lowest BCUT2D eigenvalue weighted by Gasteiger charge is -2.38. The molecule has 1 saturated heterocycles. The molecule has 7 nitrogen and oxygen atoms in total. The van der Waals surface area contributed by atoms with E-state index in [1.54, 1.807) is 10.9 Å². The van der Waals surface area contributed by atoms with E-state index in [4.69, 9.17) is 5.73 Å². The Kier molecular flexibility index (Phi) is 3.77. The van der Waals surface area contributed by atoms with E-state index in [9.17, 15) is 0 Å². The van der Waals surface area contributed by atoms with Crippen LogP contribution < -0.4 is 5.73 Å². The normalized spacial score (nSPS) is 21.2. The Morgan fingerprint density at radius 1 is 1.29 bits per heavy atom. The highest BCUT2D eigenvalue weighted by molar-refractivity contribution is 5.84. The molecule has 0 radical (unpaired) electrons. The van der Waals surface area contributed by atoms with Crippen LogP contribution in [0.15, 0.2) is 6.20 Å². The minimum atomic E-state index is 0.518. The number of nitrogen functional groups attached to an aromatic ring is 1. The summed E-state index contributed by atoms with van der Waals surface area (Å²) >= 11 is 0. The number of aromatic nitrogens is 4. The summed E-state index contributed by atoms with van der Waals surface area (Å²) in [5.41, 5.74) is 6.82. The van der Waals surface area contributed by atoms with Crippen LogP contribution in [0.3, 0.4) is 0 Å². The van der Waals surface area contributed by atoms with Gasteiger partial charge in [0.2, 0.25) is 0 Å². The molecule has 0 aliphatic carbocycles. The van der Waals surface area contributed by atoms with Crippen molar-refractivity contribution in [3.63, 3.8) is 0 Å². The van der Waals surface area contributed by atoms with E-state index in [2.05, 4.69) is 38.8 Å². The van der Waals surface area contributed by atoms with Crippen molar-refractivity contribution in [2.75, 3.05) is 32.4 Å². The lowest BCUT2D eigenvalue weighted by atomic mass is 10.1. The van der Waals surface area contributed by atoms with Gasteiger partial charge in [0.05, 0.1) is 18.1 Å². The molecule has 1 aliphatic rings. The molecular formula is C14H23N7. The van der Waals surface area contributed by atoms with Crippen LogP contribution in [0.1, 0.15) is 19.2 Å². The fourth-order valence-electron chi connectivity index (χ4n) is 2.96. The van der Waals surface area contributed by atoms with E-state index in [0.717, 1.165) is 49.5 Å². The van der Waals surface area contributed by atoms with Crippen molar-refractivity contribution in [1.82, 2.24) is 29.5 Å². The molecule has 3 rings (SSSR count). The highest BCUT2D eigenvalue weighted by atomic mass is 15.3. The third-order valence-electron chi connectivity index (χ3n) is 4.37. The number of likely N-dealkylation sites (N-methyl/N-ethyl adjacent to an activating group) is 1. The molecule has 7 heteroatoms. The number of nitrogens with zero attached hydrogens (tertiary/aromatic N) is 6. The van der Waals surface area contributed by atoms with E-state index in [1.165, 1.54) is 0 Å². The second kappa shape index (κ2) is 5.57. The quantitative estimate of drug-likeness (QED) is 0.885. The molecule has 1 fully saturated rings. The van der Waals surface area contributed by atoms with E-state index >= 15 is 0 Å². The molecule has 0 amide bonds. The summed E-state index contributed by atoms with van der Waals surface area (Å²) < 4.78 is 1.75. The number of hydrogen-bond donors (Lipinski definition) is 1. The van der Waals surface area contributed by atoms with Gasteiger partial charge in [0.1, 0.15) is 11.6 Å². The number of piperazine rings is 1. The number of nitrogens with two attached hydrogens (primary N) is 1. The van der Waals surface area contributed by atoms with Gasteiger partial charge < -0.3 is 10.6 Å². The molecule has 21 heavy (non-hydrogen) atoms. The predicted octanol–water partition coefficient (Wildman–Crippen LogP) is 0.472. The molecule has 1 unspecified atom stereocenters. The predicted molar refractivity (Wildman–Crippen MR) is 82.7 cm³/mol. The van der Waals surface area contributed by atoms with Crippen molar-refractivity contribution in [2.24, 2.45) is 7.05 Å². The maximum Gasteiger partial charge on any atom is 0.163 e. The van der Waals surface area contributed by atoms with Crippen molar-refractivity contribution in [3.8, 4) is 0 Å². The van der Waals surface area contributed by atoms with Gasteiger partial charge in [-0.2, -0.15) is 5.10 Å². The first-order valence-electron chi connectivity index (χ1n) is 7.45. The van der Waals surface area contributed by atoms with Gasteiger partial charge in [0, 0.05) is 32.7 Å². The second-order valence-electron chi connectivity index (χ2n) is 5.81. The van der Waals surface area contributed by atoms with Crippen LogP contribution in [0.25, 0.3) is 11.0 Å². The van der Waals surface area contributed by atoms with Crippen molar-refractivity contribution < 1.29 is 0 Å². The molecule has 2 aromatic heterocycles. The largest absolute Gasteiger partial charge is 0.383 e. The Morgan fingerprint density at radius 2 is 2.10 bits per heavy atom. The first-order chi connectivity index (χ1) is 10.1. The number of fused-ring (bicyclic) bond motifs is 1. The Hall–Kier alpha value is -1.73. The van der Waals surface area contributed by atoms with Crippen LogP contribution in [0.2, 0.25) is 0 Å². The molecule has 114 valence electrons. The van der Waals surface area contributed by atoms with Crippen molar-refractivity contribution >= 4 is 16.9 Å². The lowest BCUT2D eigenvalue weighted by Crippen LogP contribution is -2.50. The molecule has 1 atom stereocenters. The summed E-state index contributed by atoms with van der Waals surface area (Å²) in [6, 6.07) is 0.608. The zero-order chi connectivity index (χ0) is 15.0. The summed E-state index contributed by atoms with van der Waals surface area (Å²) in [4.78, 5) is 13.9. The summed E-state index contributed by atoms with van der Waals surface area (Å²) in [6.07, 6.45) is 2.88. The van der Waals surface area contributed by atoms with Gasteiger partial charge in [-0.3, -0.25) is 9.58 Å². The molecule has 0 bridgehead atoms. The summed E-state index contributed by atoms with van der Waals surface area (Å²) in [7, 11) is 4.07. The smallest absolute Gasteiger partial charge is 0.163 e. The van der Waals surface area contributed by atoms with Gasteiger partial charge in [-0.25, -0.2) is 9.97 Å². The maximum absolute atomic E-state index is 6.02. The van der Waals surface area contributed by atoms with Crippen LogP contribution in [0, 0.1) is 0 Å². The zero-order valence-corrected chi connectivity index (χ0v) is 13.0. The molecule has 0 saturated carbocycles. The van der Waals surface area contributed by atoms with E-state index in [1.807, 2.05) is 7.05 Å². The number of rotatable bonds is 3.